The Morgan fingerprint density at radius 2 is 1.53 bits per heavy atom. The quantitative estimate of drug-likeness (QED) is 0.598. The lowest BCUT2D eigenvalue weighted by Gasteiger charge is -1.82. The molecule has 0 spiro atoms. The highest BCUT2D eigenvalue weighted by atomic mass is 16.2. The smallest absolute Gasteiger partial charge is 0.244 e. The Balaban J connectivity index is 0.000000262. The van der Waals surface area contributed by atoms with Crippen LogP contribution in [0.25, 0.3) is 0 Å². The molecule has 0 heterocycles. The fourth-order valence-electron chi connectivity index (χ4n) is 0.789. The van der Waals surface area contributed by atoms with Crippen molar-refractivity contribution in [3.63, 3.8) is 0 Å². The summed E-state index contributed by atoms with van der Waals surface area (Å²) in [5.41, 5.74) is 1.32. The summed E-state index contributed by atoms with van der Waals surface area (Å²) in [6.07, 6.45) is 2.82. The fraction of sp³-hybridized carbons (Fsp3) is 0.250. The number of carbonyl (C=O) groups is 1. The van der Waals surface area contributed by atoms with E-state index in [-0.39, 0.29) is 0 Å². The second-order valence-electron chi connectivity index (χ2n) is 2.71. The van der Waals surface area contributed by atoms with Crippen molar-refractivity contribution in [1.82, 2.24) is 0 Å². The molecule has 0 atom stereocenters. The molecule has 0 aliphatic carbocycles. The first-order valence-electron chi connectivity index (χ1n) is 4.73. The van der Waals surface area contributed by atoms with Crippen LogP contribution in [0.1, 0.15) is 19.4 Å². The van der Waals surface area contributed by atoms with Crippen LogP contribution in [0.4, 0.5) is 4.79 Å². The molecule has 1 aromatic rings. The number of urea groups is 1. The van der Waals surface area contributed by atoms with Gasteiger partial charge in [-0.15, -0.1) is 0 Å². The molecule has 0 radical (unpaired) electrons. The lowest BCUT2D eigenvalue weighted by atomic mass is 10.2. The predicted molar refractivity (Wildman–Crippen MR) is 64.9 cm³/mol. The minimum Gasteiger partial charge on any atom is -0.244 e. The van der Waals surface area contributed by atoms with Crippen LogP contribution in [0.5, 0.6) is 0 Å². The van der Waals surface area contributed by atoms with Crippen LogP contribution in [-0.2, 0) is 0 Å². The maximum atomic E-state index is 10.2. The van der Waals surface area contributed by atoms with Gasteiger partial charge in [0.2, 0.25) is 0 Å². The van der Waals surface area contributed by atoms with Crippen LogP contribution in [-0.4, -0.2) is 18.5 Å². The van der Waals surface area contributed by atoms with Crippen molar-refractivity contribution in [3.8, 4) is 0 Å². The summed E-state index contributed by atoms with van der Waals surface area (Å²) in [5, 5.41) is 0. The van der Waals surface area contributed by atoms with Crippen molar-refractivity contribution in [1.29, 1.82) is 0 Å². The van der Waals surface area contributed by atoms with Gasteiger partial charge in [0.15, 0.2) is 0 Å². The predicted octanol–water partition coefficient (Wildman–Crippen LogP) is 3.28. The number of rotatable bonds is 0. The number of hydrogen-bond donors (Lipinski definition) is 0. The Hall–Kier alpha value is -1.77. The van der Waals surface area contributed by atoms with Crippen LogP contribution >= 0.6 is 0 Å². The lowest BCUT2D eigenvalue weighted by molar-refractivity contribution is 0.257. The zero-order valence-electron chi connectivity index (χ0n) is 9.34. The largest absolute Gasteiger partial charge is 0.366 e. The molecule has 15 heavy (non-hydrogen) atoms. The van der Waals surface area contributed by atoms with Gasteiger partial charge in [-0.1, -0.05) is 35.9 Å². The molecule has 1 rings (SSSR count). The molecule has 0 saturated carbocycles. The van der Waals surface area contributed by atoms with Crippen LogP contribution in [0, 0.1) is 6.92 Å². The van der Waals surface area contributed by atoms with Crippen LogP contribution < -0.4 is 0 Å². The number of carbonyl (C=O) groups excluding carboxylic acids is 1. The molecular formula is C12H16N2O. The van der Waals surface area contributed by atoms with E-state index < -0.39 is 6.03 Å². The maximum Gasteiger partial charge on any atom is 0.366 e. The topological polar surface area (TPSA) is 41.8 Å². The first-order chi connectivity index (χ1) is 7.20. The Labute approximate surface area is 90.6 Å². The van der Waals surface area contributed by atoms with E-state index in [0.29, 0.717) is 0 Å². The van der Waals surface area contributed by atoms with E-state index in [9.17, 15) is 4.79 Å². The molecule has 0 aromatic heterocycles. The number of aliphatic imine (C=N–C) groups is 2. The van der Waals surface area contributed by atoms with E-state index in [1.165, 1.54) is 18.0 Å². The third-order valence-electron chi connectivity index (χ3n) is 1.42. The minimum atomic E-state index is -0.449. The zero-order valence-corrected chi connectivity index (χ0v) is 9.34. The number of amides is 2. The van der Waals surface area contributed by atoms with Gasteiger partial charge in [0.25, 0.3) is 0 Å². The average Bonchev–Trinajstić information content (AvgIpc) is 2.20. The van der Waals surface area contributed by atoms with E-state index in [4.69, 9.17) is 0 Å². The van der Waals surface area contributed by atoms with E-state index in [0.717, 1.165) is 0 Å². The lowest BCUT2D eigenvalue weighted by Crippen LogP contribution is -1.82. The Bertz CT molecular complexity index is 315. The summed E-state index contributed by atoms with van der Waals surface area (Å²) >= 11 is 0. The third kappa shape index (κ3) is 8.56. The average molecular weight is 204 g/mol. The van der Waals surface area contributed by atoms with Crippen molar-refractivity contribution in [2.45, 2.75) is 20.8 Å². The highest BCUT2D eigenvalue weighted by Crippen LogP contribution is 1.92. The third-order valence-corrected chi connectivity index (χ3v) is 1.42. The highest BCUT2D eigenvalue weighted by molar-refractivity contribution is 5.88. The van der Waals surface area contributed by atoms with Gasteiger partial charge in [0.05, 0.1) is 0 Å². The molecule has 2 amide bonds. The van der Waals surface area contributed by atoms with Crippen molar-refractivity contribution in [3.05, 3.63) is 35.9 Å². The molecule has 0 bridgehead atoms. The molecule has 1 aromatic carbocycles. The molecule has 3 nitrogen and oxygen atoms in total. The SMILES string of the molecule is CC=NC(=O)N=CC.Cc1ccccc1. The minimum absolute atomic E-state index is 0.449. The number of benzene rings is 1. The number of hydrogen-bond acceptors (Lipinski definition) is 1. The van der Waals surface area contributed by atoms with Crippen LogP contribution in [0.15, 0.2) is 40.3 Å². The zero-order chi connectivity index (χ0) is 11.5. The van der Waals surface area contributed by atoms with Gasteiger partial charge in [0, 0.05) is 12.4 Å². The Kier molecular flexibility index (Phi) is 7.77. The van der Waals surface area contributed by atoms with Crippen molar-refractivity contribution in [2.75, 3.05) is 0 Å². The molecule has 0 aliphatic heterocycles. The van der Waals surface area contributed by atoms with Crippen LogP contribution in [0.3, 0.4) is 0 Å². The Morgan fingerprint density at radius 1 is 1.07 bits per heavy atom. The van der Waals surface area contributed by atoms with Gasteiger partial charge in [-0.2, -0.15) is 0 Å². The Morgan fingerprint density at radius 3 is 1.80 bits per heavy atom. The molecule has 80 valence electrons. The van der Waals surface area contributed by atoms with E-state index in [1.54, 1.807) is 13.8 Å². The van der Waals surface area contributed by atoms with Gasteiger partial charge in [-0.25, -0.2) is 14.8 Å². The van der Waals surface area contributed by atoms with Gasteiger partial charge in [-0.05, 0) is 20.8 Å². The van der Waals surface area contributed by atoms with E-state index in [1.807, 2.05) is 18.2 Å². The monoisotopic (exact) mass is 204 g/mol. The van der Waals surface area contributed by atoms with Gasteiger partial charge in [-0.3, -0.25) is 0 Å². The van der Waals surface area contributed by atoms with E-state index in [2.05, 4.69) is 29.0 Å². The first kappa shape index (κ1) is 13.2. The molecule has 0 aliphatic rings. The van der Waals surface area contributed by atoms with Crippen LogP contribution in [0.2, 0.25) is 0 Å². The van der Waals surface area contributed by atoms with Gasteiger partial charge >= 0.3 is 6.03 Å². The molecule has 0 unspecified atom stereocenters. The number of aryl methyl sites for hydroxylation is 1. The summed E-state index contributed by atoms with van der Waals surface area (Å²) in [4.78, 5) is 17.0. The van der Waals surface area contributed by atoms with Gasteiger partial charge in [0.1, 0.15) is 0 Å². The highest BCUT2D eigenvalue weighted by Gasteiger charge is 1.83. The molecular weight excluding hydrogens is 188 g/mol. The van der Waals surface area contributed by atoms with Crippen molar-refractivity contribution >= 4 is 18.5 Å². The first-order valence-corrected chi connectivity index (χ1v) is 4.73. The normalized spacial score (nSPS) is 10.1. The summed E-state index contributed by atoms with van der Waals surface area (Å²) in [7, 11) is 0. The van der Waals surface area contributed by atoms with Crippen molar-refractivity contribution in [2.24, 2.45) is 9.98 Å². The molecule has 0 fully saturated rings. The maximum absolute atomic E-state index is 10.2. The second-order valence-corrected chi connectivity index (χ2v) is 2.71. The summed E-state index contributed by atoms with van der Waals surface area (Å²) < 4.78 is 0. The molecule has 3 heteroatoms. The second kappa shape index (κ2) is 8.81. The standard InChI is InChI=1S/C7H8.C5H8N2O/c1-7-5-3-2-4-6-7;1-3-6-5(8)7-4-2/h2-6H,1H3;3-4H,1-2H3. The molecule has 0 saturated heterocycles. The van der Waals surface area contributed by atoms with Gasteiger partial charge < -0.3 is 0 Å². The van der Waals surface area contributed by atoms with Crippen molar-refractivity contribution < 1.29 is 4.79 Å². The number of nitrogens with zero attached hydrogens (tertiary/aromatic N) is 2. The summed E-state index contributed by atoms with van der Waals surface area (Å²) in [6.45, 7) is 5.42. The summed E-state index contributed by atoms with van der Waals surface area (Å²) in [6, 6.07) is 9.81. The molecule has 0 N–H and O–H groups in total. The fourth-order valence-corrected chi connectivity index (χ4v) is 0.789. The van der Waals surface area contributed by atoms with E-state index >= 15 is 0 Å². The summed E-state index contributed by atoms with van der Waals surface area (Å²) in [5.74, 6) is 0.